The van der Waals surface area contributed by atoms with Crippen molar-refractivity contribution in [1.29, 1.82) is 5.26 Å². The number of hydrogen-bond donors (Lipinski definition) is 1. The Kier molecular flexibility index (Phi) is 5.38. The molecule has 1 N–H and O–H groups in total. The first-order valence-electron chi connectivity index (χ1n) is 6.39. The third-order valence-corrected chi connectivity index (χ3v) is 2.85. The van der Waals surface area contributed by atoms with E-state index < -0.39 is 0 Å². The van der Waals surface area contributed by atoms with Crippen LogP contribution in [0, 0.1) is 17.2 Å². The van der Waals surface area contributed by atoms with Gasteiger partial charge in [0, 0.05) is 25.2 Å². The molecule has 2 unspecified atom stereocenters. The molecule has 0 aliphatic carbocycles. The third-order valence-electron chi connectivity index (χ3n) is 2.85. The lowest BCUT2D eigenvalue weighted by molar-refractivity contribution is -0.00434. The lowest BCUT2D eigenvalue weighted by Gasteiger charge is -2.32. The van der Waals surface area contributed by atoms with Crippen LogP contribution in [0.4, 0.5) is 0 Å². The van der Waals surface area contributed by atoms with Crippen LogP contribution in [-0.2, 0) is 4.74 Å². The van der Waals surface area contributed by atoms with E-state index in [1.54, 1.807) is 0 Å². The minimum atomic E-state index is -0.244. The van der Waals surface area contributed by atoms with Crippen molar-refractivity contribution in [3.8, 4) is 6.07 Å². The van der Waals surface area contributed by atoms with Gasteiger partial charge in [0.25, 0.3) is 0 Å². The smallest absolute Gasteiger partial charge is 0.156 e. The number of rotatable bonds is 4. The van der Waals surface area contributed by atoms with Gasteiger partial charge in [-0.05, 0) is 33.2 Å². The standard InChI is InChI=1S/C13H25N3O/c1-11(8-15-13(2,3)4)9-16-5-6-17-12(7-14)10-16/h11-12,15H,5-6,8-10H2,1-4H3. The fourth-order valence-electron chi connectivity index (χ4n) is 1.93. The van der Waals surface area contributed by atoms with Crippen molar-refractivity contribution < 1.29 is 4.74 Å². The van der Waals surface area contributed by atoms with Crippen LogP contribution >= 0.6 is 0 Å². The molecule has 1 aliphatic rings. The summed E-state index contributed by atoms with van der Waals surface area (Å²) in [6.45, 7) is 13.2. The summed E-state index contributed by atoms with van der Waals surface area (Å²) in [6.07, 6.45) is -0.244. The van der Waals surface area contributed by atoms with E-state index in [2.05, 4.69) is 44.0 Å². The maximum absolute atomic E-state index is 8.84. The Labute approximate surface area is 105 Å². The molecule has 1 saturated heterocycles. The molecule has 0 aromatic heterocycles. The highest BCUT2D eigenvalue weighted by Gasteiger charge is 2.21. The van der Waals surface area contributed by atoms with E-state index in [4.69, 9.17) is 10.00 Å². The second-order valence-electron chi connectivity index (χ2n) is 5.98. The SMILES string of the molecule is CC(CNC(C)(C)C)CN1CCOC(C#N)C1. The van der Waals surface area contributed by atoms with Crippen molar-refractivity contribution in [3.63, 3.8) is 0 Å². The Balaban J connectivity index is 2.26. The highest BCUT2D eigenvalue weighted by molar-refractivity contribution is 4.89. The van der Waals surface area contributed by atoms with Gasteiger partial charge in [-0.15, -0.1) is 0 Å². The van der Waals surface area contributed by atoms with E-state index in [9.17, 15) is 0 Å². The molecule has 98 valence electrons. The van der Waals surface area contributed by atoms with Crippen molar-refractivity contribution in [3.05, 3.63) is 0 Å². The number of nitriles is 1. The Morgan fingerprint density at radius 3 is 2.82 bits per heavy atom. The minimum Gasteiger partial charge on any atom is -0.361 e. The van der Waals surface area contributed by atoms with Crippen molar-refractivity contribution in [1.82, 2.24) is 10.2 Å². The van der Waals surface area contributed by atoms with E-state index in [0.717, 1.165) is 26.2 Å². The summed E-state index contributed by atoms with van der Waals surface area (Å²) in [4.78, 5) is 2.33. The van der Waals surface area contributed by atoms with E-state index in [-0.39, 0.29) is 11.6 Å². The lowest BCUT2D eigenvalue weighted by atomic mass is 10.1. The zero-order valence-electron chi connectivity index (χ0n) is 11.5. The summed E-state index contributed by atoms with van der Waals surface area (Å²) in [5.41, 5.74) is 0.175. The first-order valence-corrected chi connectivity index (χ1v) is 6.39. The number of nitrogens with zero attached hydrogens (tertiary/aromatic N) is 2. The van der Waals surface area contributed by atoms with Crippen LogP contribution in [0.3, 0.4) is 0 Å². The summed E-state index contributed by atoms with van der Waals surface area (Å²) in [7, 11) is 0. The molecule has 1 heterocycles. The average Bonchev–Trinajstić information content (AvgIpc) is 2.26. The third kappa shape index (κ3) is 6.02. The second kappa shape index (κ2) is 6.34. The average molecular weight is 239 g/mol. The van der Waals surface area contributed by atoms with Gasteiger partial charge in [0.1, 0.15) is 0 Å². The summed E-state index contributed by atoms with van der Waals surface area (Å²) in [6, 6.07) is 2.18. The zero-order chi connectivity index (χ0) is 12.9. The van der Waals surface area contributed by atoms with Gasteiger partial charge in [-0.2, -0.15) is 5.26 Å². The van der Waals surface area contributed by atoms with Gasteiger partial charge in [0.05, 0.1) is 12.7 Å². The van der Waals surface area contributed by atoms with Crippen LogP contribution in [0.15, 0.2) is 0 Å². The molecule has 2 atom stereocenters. The van der Waals surface area contributed by atoms with Crippen molar-refractivity contribution in [2.45, 2.75) is 39.3 Å². The van der Waals surface area contributed by atoms with Gasteiger partial charge in [-0.3, -0.25) is 4.90 Å². The van der Waals surface area contributed by atoms with E-state index in [0.29, 0.717) is 12.5 Å². The van der Waals surface area contributed by atoms with E-state index >= 15 is 0 Å². The number of ether oxygens (including phenoxy) is 1. The molecule has 1 fully saturated rings. The van der Waals surface area contributed by atoms with Crippen molar-refractivity contribution in [2.75, 3.05) is 32.8 Å². The highest BCUT2D eigenvalue weighted by atomic mass is 16.5. The monoisotopic (exact) mass is 239 g/mol. The topological polar surface area (TPSA) is 48.3 Å². The van der Waals surface area contributed by atoms with Crippen molar-refractivity contribution in [2.24, 2.45) is 5.92 Å². The molecule has 0 aromatic rings. The normalized spacial score (nSPS) is 24.3. The minimum absolute atomic E-state index is 0.175. The molecule has 0 bridgehead atoms. The van der Waals surface area contributed by atoms with Gasteiger partial charge >= 0.3 is 0 Å². The second-order valence-corrected chi connectivity index (χ2v) is 5.98. The van der Waals surface area contributed by atoms with Gasteiger partial charge in [-0.1, -0.05) is 6.92 Å². The molecule has 0 radical (unpaired) electrons. The number of nitrogens with one attached hydrogen (secondary N) is 1. The molecular formula is C13H25N3O. The summed E-state index contributed by atoms with van der Waals surface area (Å²) < 4.78 is 5.33. The van der Waals surface area contributed by atoms with E-state index in [1.165, 1.54) is 0 Å². The number of morpholine rings is 1. The predicted octanol–water partition coefficient (Wildman–Crippen LogP) is 1.23. The molecular weight excluding hydrogens is 214 g/mol. The zero-order valence-corrected chi connectivity index (χ0v) is 11.5. The Morgan fingerprint density at radius 1 is 1.53 bits per heavy atom. The van der Waals surface area contributed by atoms with Crippen LogP contribution in [0.1, 0.15) is 27.7 Å². The Morgan fingerprint density at radius 2 is 2.24 bits per heavy atom. The largest absolute Gasteiger partial charge is 0.361 e. The molecule has 4 nitrogen and oxygen atoms in total. The van der Waals surface area contributed by atoms with Gasteiger partial charge in [-0.25, -0.2) is 0 Å². The first kappa shape index (κ1) is 14.4. The van der Waals surface area contributed by atoms with Gasteiger partial charge < -0.3 is 10.1 Å². The summed E-state index contributed by atoms with van der Waals surface area (Å²) in [5, 5.41) is 12.4. The van der Waals surface area contributed by atoms with E-state index in [1.807, 2.05) is 0 Å². The molecule has 0 saturated carbocycles. The van der Waals surface area contributed by atoms with Gasteiger partial charge in [0.2, 0.25) is 0 Å². The van der Waals surface area contributed by atoms with Crippen LogP contribution < -0.4 is 5.32 Å². The highest BCUT2D eigenvalue weighted by Crippen LogP contribution is 2.08. The quantitative estimate of drug-likeness (QED) is 0.802. The maximum Gasteiger partial charge on any atom is 0.156 e. The van der Waals surface area contributed by atoms with Crippen LogP contribution in [0.25, 0.3) is 0 Å². The fourth-order valence-corrected chi connectivity index (χ4v) is 1.93. The molecule has 0 aromatic carbocycles. The molecule has 4 heteroatoms. The van der Waals surface area contributed by atoms with Gasteiger partial charge in [0.15, 0.2) is 6.10 Å². The van der Waals surface area contributed by atoms with Crippen molar-refractivity contribution >= 4 is 0 Å². The fraction of sp³-hybridized carbons (Fsp3) is 0.923. The summed E-state index contributed by atoms with van der Waals surface area (Å²) in [5.74, 6) is 0.590. The Bertz CT molecular complexity index is 267. The van der Waals surface area contributed by atoms with Crippen LogP contribution in [0.2, 0.25) is 0 Å². The summed E-state index contributed by atoms with van der Waals surface area (Å²) >= 11 is 0. The lowest BCUT2D eigenvalue weighted by Crippen LogP contribution is -2.46. The molecule has 0 amide bonds. The molecule has 0 spiro atoms. The maximum atomic E-state index is 8.84. The Hall–Kier alpha value is -0.630. The first-order chi connectivity index (χ1) is 7.90. The predicted molar refractivity (Wildman–Crippen MR) is 68.7 cm³/mol. The number of hydrogen-bond acceptors (Lipinski definition) is 4. The molecule has 1 aliphatic heterocycles. The van der Waals surface area contributed by atoms with Crippen LogP contribution in [0.5, 0.6) is 0 Å². The van der Waals surface area contributed by atoms with Crippen LogP contribution in [-0.4, -0.2) is 49.3 Å². The molecule has 17 heavy (non-hydrogen) atoms. The molecule has 1 rings (SSSR count).